The highest BCUT2D eigenvalue weighted by atomic mass is 16.6. The first-order valence-corrected chi connectivity index (χ1v) is 7.18. The average molecular weight is 339 g/mol. The molecule has 0 aliphatic heterocycles. The maximum Gasteiger partial charge on any atom is 0.311 e. The fourth-order valence-electron chi connectivity index (χ4n) is 2.07. The first-order valence-electron chi connectivity index (χ1n) is 7.18. The third kappa shape index (κ3) is 4.87. The molecule has 0 saturated carbocycles. The van der Waals surface area contributed by atoms with Crippen LogP contribution < -0.4 is 5.32 Å². The number of carbonyl (C=O) groups excluding carboxylic acids is 2. The van der Waals surface area contributed by atoms with Crippen LogP contribution in [0.1, 0.15) is 11.1 Å². The SMILES string of the molecule is N#Cc1ccccc1NC(=O)COC(=O)Cc1ccccc1[N+](=O)[O-]. The summed E-state index contributed by atoms with van der Waals surface area (Å²) in [6.07, 6.45) is -0.320. The second-order valence-electron chi connectivity index (χ2n) is 4.93. The molecule has 2 aromatic rings. The highest BCUT2D eigenvalue weighted by Crippen LogP contribution is 2.18. The van der Waals surface area contributed by atoms with Crippen LogP contribution in [0.25, 0.3) is 0 Å². The molecule has 8 nitrogen and oxygen atoms in total. The molecular weight excluding hydrogens is 326 g/mol. The number of benzene rings is 2. The minimum absolute atomic E-state index is 0.188. The van der Waals surface area contributed by atoms with Crippen molar-refractivity contribution in [3.63, 3.8) is 0 Å². The van der Waals surface area contributed by atoms with Gasteiger partial charge in [-0.1, -0.05) is 30.3 Å². The summed E-state index contributed by atoms with van der Waals surface area (Å²) in [6, 6.07) is 14.1. The van der Waals surface area contributed by atoms with Gasteiger partial charge in [0.1, 0.15) is 6.07 Å². The number of nitrogens with one attached hydrogen (secondary N) is 1. The summed E-state index contributed by atoms with van der Waals surface area (Å²) in [6.45, 7) is -0.556. The Balaban J connectivity index is 1.91. The third-order valence-corrected chi connectivity index (χ3v) is 3.21. The number of esters is 1. The minimum atomic E-state index is -0.766. The number of hydrogen-bond acceptors (Lipinski definition) is 6. The van der Waals surface area contributed by atoms with Crippen molar-refractivity contribution in [2.75, 3.05) is 11.9 Å². The average Bonchev–Trinajstić information content (AvgIpc) is 2.60. The number of anilines is 1. The van der Waals surface area contributed by atoms with E-state index >= 15 is 0 Å². The van der Waals surface area contributed by atoms with Gasteiger partial charge >= 0.3 is 5.97 Å². The molecule has 0 heterocycles. The molecular formula is C17H13N3O5. The highest BCUT2D eigenvalue weighted by Gasteiger charge is 2.17. The molecule has 0 atom stereocenters. The number of rotatable bonds is 6. The maximum atomic E-state index is 11.8. The molecule has 2 aromatic carbocycles. The summed E-state index contributed by atoms with van der Waals surface area (Å²) < 4.78 is 4.83. The van der Waals surface area contributed by atoms with E-state index < -0.39 is 23.4 Å². The van der Waals surface area contributed by atoms with Gasteiger partial charge in [-0.3, -0.25) is 19.7 Å². The number of nitrogens with zero attached hydrogens (tertiary/aromatic N) is 2. The number of nitro groups is 1. The van der Waals surface area contributed by atoms with E-state index in [4.69, 9.17) is 10.00 Å². The largest absolute Gasteiger partial charge is 0.455 e. The summed E-state index contributed by atoms with van der Waals surface area (Å²) in [5.74, 6) is -1.38. The van der Waals surface area contributed by atoms with Gasteiger partial charge in [-0.15, -0.1) is 0 Å². The standard InChI is InChI=1S/C17H13N3O5/c18-10-13-6-1-3-7-14(13)19-16(21)11-25-17(22)9-12-5-2-4-8-15(12)20(23)24/h1-8H,9,11H2,(H,19,21). The van der Waals surface area contributed by atoms with Crippen molar-refractivity contribution in [2.24, 2.45) is 0 Å². The first-order chi connectivity index (χ1) is 12.0. The Morgan fingerprint density at radius 1 is 1.16 bits per heavy atom. The fraction of sp³-hybridized carbons (Fsp3) is 0.118. The van der Waals surface area contributed by atoms with Crippen molar-refractivity contribution < 1.29 is 19.2 Å². The Morgan fingerprint density at radius 3 is 2.56 bits per heavy atom. The van der Waals surface area contributed by atoms with Crippen LogP contribution in [0.15, 0.2) is 48.5 Å². The van der Waals surface area contributed by atoms with Crippen LogP contribution >= 0.6 is 0 Å². The summed E-state index contributed by atoms with van der Waals surface area (Å²) in [5, 5.41) is 22.3. The van der Waals surface area contributed by atoms with Crippen LogP contribution in [0.4, 0.5) is 11.4 Å². The van der Waals surface area contributed by atoms with E-state index in [1.54, 1.807) is 24.3 Å². The first kappa shape index (κ1) is 17.6. The molecule has 0 aliphatic rings. The molecule has 25 heavy (non-hydrogen) atoms. The maximum absolute atomic E-state index is 11.8. The van der Waals surface area contributed by atoms with Gasteiger partial charge in [0.05, 0.1) is 22.6 Å². The lowest BCUT2D eigenvalue weighted by molar-refractivity contribution is -0.385. The quantitative estimate of drug-likeness (QED) is 0.489. The Hall–Kier alpha value is -3.73. The van der Waals surface area contributed by atoms with Gasteiger partial charge in [-0.2, -0.15) is 5.26 Å². The van der Waals surface area contributed by atoms with Crippen LogP contribution in [-0.2, 0) is 20.7 Å². The molecule has 0 radical (unpaired) electrons. The zero-order valence-corrected chi connectivity index (χ0v) is 13.0. The number of hydrogen-bond donors (Lipinski definition) is 1. The molecule has 0 fully saturated rings. The zero-order chi connectivity index (χ0) is 18.2. The number of amides is 1. The summed E-state index contributed by atoms with van der Waals surface area (Å²) in [4.78, 5) is 33.9. The Labute approximate surface area is 142 Å². The van der Waals surface area contributed by atoms with E-state index in [2.05, 4.69) is 5.32 Å². The second-order valence-corrected chi connectivity index (χ2v) is 4.93. The van der Waals surface area contributed by atoms with Crippen LogP contribution in [0.5, 0.6) is 0 Å². The van der Waals surface area contributed by atoms with Gasteiger partial charge in [0.15, 0.2) is 6.61 Å². The molecule has 8 heteroatoms. The van der Waals surface area contributed by atoms with E-state index in [0.717, 1.165) is 0 Å². The predicted octanol–water partition coefficient (Wildman–Crippen LogP) is 2.19. The van der Waals surface area contributed by atoms with Crippen LogP contribution in [-0.4, -0.2) is 23.4 Å². The molecule has 126 valence electrons. The van der Waals surface area contributed by atoms with Crippen molar-refractivity contribution in [3.8, 4) is 6.07 Å². The van der Waals surface area contributed by atoms with Gasteiger partial charge in [0.25, 0.3) is 11.6 Å². The van der Waals surface area contributed by atoms with E-state index in [1.807, 2.05) is 6.07 Å². The number of ether oxygens (including phenoxy) is 1. The Bertz CT molecular complexity index is 857. The normalized spacial score (nSPS) is 9.72. The molecule has 0 unspecified atom stereocenters. The third-order valence-electron chi connectivity index (χ3n) is 3.21. The van der Waals surface area contributed by atoms with Crippen molar-refractivity contribution >= 4 is 23.3 Å². The van der Waals surface area contributed by atoms with Crippen molar-refractivity contribution in [1.82, 2.24) is 0 Å². The lowest BCUT2D eigenvalue weighted by Gasteiger charge is -2.08. The second kappa shape index (κ2) is 8.21. The lowest BCUT2D eigenvalue weighted by Crippen LogP contribution is -2.22. The fourth-order valence-corrected chi connectivity index (χ4v) is 2.07. The summed E-state index contributed by atoms with van der Waals surface area (Å²) in [7, 11) is 0. The molecule has 0 bridgehead atoms. The smallest absolute Gasteiger partial charge is 0.311 e. The number of nitro benzene ring substituents is 1. The number of nitriles is 1. The molecule has 0 spiro atoms. The van der Waals surface area contributed by atoms with Gasteiger partial charge in [0, 0.05) is 11.6 Å². The van der Waals surface area contributed by atoms with E-state index in [-0.39, 0.29) is 23.2 Å². The summed E-state index contributed by atoms with van der Waals surface area (Å²) in [5.41, 5.74) is 0.603. The molecule has 0 aromatic heterocycles. The zero-order valence-electron chi connectivity index (χ0n) is 13.0. The number of carbonyl (C=O) groups is 2. The van der Waals surface area contributed by atoms with Gasteiger partial charge < -0.3 is 10.1 Å². The van der Waals surface area contributed by atoms with Crippen LogP contribution in [0.3, 0.4) is 0 Å². The predicted molar refractivity (Wildman–Crippen MR) is 87.5 cm³/mol. The van der Waals surface area contributed by atoms with Crippen LogP contribution in [0.2, 0.25) is 0 Å². The van der Waals surface area contributed by atoms with Crippen molar-refractivity contribution in [2.45, 2.75) is 6.42 Å². The van der Waals surface area contributed by atoms with Gasteiger partial charge in [0.2, 0.25) is 0 Å². The molecule has 2 rings (SSSR count). The van der Waals surface area contributed by atoms with Gasteiger partial charge in [-0.25, -0.2) is 0 Å². The van der Waals surface area contributed by atoms with Crippen molar-refractivity contribution in [1.29, 1.82) is 5.26 Å². The van der Waals surface area contributed by atoms with Gasteiger partial charge in [-0.05, 0) is 12.1 Å². The van der Waals surface area contributed by atoms with Crippen LogP contribution in [0, 0.1) is 21.4 Å². The monoisotopic (exact) mass is 339 g/mol. The molecule has 0 saturated heterocycles. The van der Waals surface area contributed by atoms with E-state index in [9.17, 15) is 19.7 Å². The minimum Gasteiger partial charge on any atom is -0.455 e. The lowest BCUT2D eigenvalue weighted by atomic mass is 10.1. The topological polar surface area (TPSA) is 122 Å². The molecule has 1 N–H and O–H groups in total. The van der Waals surface area contributed by atoms with Crippen molar-refractivity contribution in [3.05, 3.63) is 69.8 Å². The molecule has 1 amide bonds. The van der Waals surface area contributed by atoms with E-state index in [1.165, 1.54) is 24.3 Å². The van der Waals surface area contributed by atoms with E-state index in [0.29, 0.717) is 5.69 Å². The summed E-state index contributed by atoms with van der Waals surface area (Å²) >= 11 is 0. The number of para-hydroxylation sites is 2. The Kier molecular flexibility index (Phi) is 5.79. The highest BCUT2D eigenvalue weighted by molar-refractivity contribution is 5.94. The Morgan fingerprint density at radius 2 is 1.84 bits per heavy atom. The molecule has 0 aliphatic carbocycles.